The van der Waals surface area contributed by atoms with Crippen LogP contribution >= 0.6 is 0 Å². The van der Waals surface area contributed by atoms with E-state index in [4.69, 9.17) is 9.47 Å². The van der Waals surface area contributed by atoms with Crippen molar-refractivity contribution < 1.29 is 14.3 Å². The second kappa shape index (κ2) is 5.27. The zero-order valence-electron chi connectivity index (χ0n) is 7.49. The molecular weight excluding hydrogens is 156 g/mol. The molecule has 0 bridgehead atoms. The maximum Gasteiger partial charge on any atom is 0.157 e. The Labute approximate surface area is 73.0 Å². The molecule has 0 aliphatic carbocycles. The Kier molecular flexibility index (Phi) is 4.25. The lowest BCUT2D eigenvalue weighted by Crippen LogP contribution is -2.16. The molecule has 1 aliphatic rings. The van der Waals surface area contributed by atoms with E-state index in [1.165, 1.54) is 0 Å². The SMILES string of the molecule is CCCC1OCCC(C=O)CO1. The molecule has 1 aliphatic heterocycles. The van der Waals surface area contributed by atoms with Crippen LogP contribution in [0.2, 0.25) is 0 Å². The third kappa shape index (κ3) is 2.91. The number of hydrogen-bond acceptors (Lipinski definition) is 3. The Balaban J connectivity index is 2.28. The summed E-state index contributed by atoms with van der Waals surface area (Å²) in [6, 6.07) is 0. The summed E-state index contributed by atoms with van der Waals surface area (Å²) in [5.74, 6) is 0.0341. The maximum atomic E-state index is 10.4. The summed E-state index contributed by atoms with van der Waals surface area (Å²) in [5, 5.41) is 0. The fourth-order valence-corrected chi connectivity index (χ4v) is 1.22. The van der Waals surface area contributed by atoms with Gasteiger partial charge in [0.1, 0.15) is 6.29 Å². The van der Waals surface area contributed by atoms with Gasteiger partial charge in [0.25, 0.3) is 0 Å². The second-order valence-corrected chi connectivity index (χ2v) is 3.11. The number of carbonyl (C=O) groups is 1. The monoisotopic (exact) mass is 172 g/mol. The largest absolute Gasteiger partial charge is 0.353 e. The van der Waals surface area contributed by atoms with E-state index in [-0.39, 0.29) is 12.2 Å². The van der Waals surface area contributed by atoms with Crippen LogP contribution in [-0.4, -0.2) is 25.8 Å². The lowest BCUT2D eigenvalue weighted by molar-refractivity contribution is -0.134. The summed E-state index contributed by atoms with van der Waals surface area (Å²) in [6.45, 7) is 3.26. The van der Waals surface area contributed by atoms with Crippen molar-refractivity contribution in [2.45, 2.75) is 32.5 Å². The summed E-state index contributed by atoms with van der Waals surface area (Å²) in [6.07, 6.45) is 3.64. The molecule has 0 aromatic carbocycles. The zero-order valence-corrected chi connectivity index (χ0v) is 7.49. The summed E-state index contributed by atoms with van der Waals surface area (Å²) < 4.78 is 10.8. The number of ether oxygens (including phenoxy) is 2. The van der Waals surface area contributed by atoms with Crippen molar-refractivity contribution in [2.75, 3.05) is 13.2 Å². The van der Waals surface area contributed by atoms with Gasteiger partial charge < -0.3 is 14.3 Å². The Morgan fingerprint density at radius 1 is 1.50 bits per heavy atom. The first kappa shape index (κ1) is 9.68. The van der Waals surface area contributed by atoms with E-state index in [1.807, 2.05) is 0 Å². The summed E-state index contributed by atoms with van der Waals surface area (Å²) >= 11 is 0. The van der Waals surface area contributed by atoms with Gasteiger partial charge in [-0.2, -0.15) is 0 Å². The first-order valence-corrected chi connectivity index (χ1v) is 4.55. The zero-order chi connectivity index (χ0) is 8.81. The molecule has 3 nitrogen and oxygen atoms in total. The molecule has 1 heterocycles. The van der Waals surface area contributed by atoms with E-state index >= 15 is 0 Å². The molecule has 0 spiro atoms. The minimum atomic E-state index is -0.0834. The van der Waals surface area contributed by atoms with E-state index in [1.54, 1.807) is 0 Å². The smallest absolute Gasteiger partial charge is 0.157 e. The highest BCUT2D eigenvalue weighted by Crippen LogP contribution is 2.13. The number of rotatable bonds is 3. The maximum absolute atomic E-state index is 10.4. The van der Waals surface area contributed by atoms with Crippen molar-refractivity contribution in [3.8, 4) is 0 Å². The average Bonchev–Trinajstić information content (AvgIpc) is 2.31. The topological polar surface area (TPSA) is 35.5 Å². The van der Waals surface area contributed by atoms with Crippen LogP contribution in [0.15, 0.2) is 0 Å². The first-order valence-electron chi connectivity index (χ1n) is 4.55. The van der Waals surface area contributed by atoms with Crippen LogP contribution in [0.1, 0.15) is 26.2 Å². The van der Waals surface area contributed by atoms with Crippen LogP contribution in [-0.2, 0) is 14.3 Å². The molecule has 12 heavy (non-hydrogen) atoms. The molecule has 0 amide bonds. The van der Waals surface area contributed by atoms with Crippen LogP contribution in [0, 0.1) is 5.92 Å². The Morgan fingerprint density at radius 2 is 2.33 bits per heavy atom. The van der Waals surface area contributed by atoms with Crippen molar-refractivity contribution in [3.05, 3.63) is 0 Å². The van der Waals surface area contributed by atoms with E-state index < -0.39 is 0 Å². The van der Waals surface area contributed by atoms with Crippen molar-refractivity contribution in [3.63, 3.8) is 0 Å². The Hall–Kier alpha value is -0.410. The second-order valence-electron chi connectivity index (χ2n) is 3.11. The predicted octanol–water partition coefficient (Wildman–Crippen LogP) is 1.36. The number of carbonyl (C=O) groups excluding carboxylic acids is 1. The van der Waals surface area contributed by atoms with Gasteiger partial charge in [-0.05, 0) is 12.8 Å². The molecule has 2 unspecified atom stereocenters. The molecule has 70 valence electrons. The molecule has 2 atom stereocenters. The minimum Gasteiger partial charge on any atom is -0.353 e. The highest BCUT2D eigenvalue weighted by atomic mass is 16.7. The van der Waals surface area contributed by atoms with Crippen molar-refractivity contribution >= 4 is 6.29 Å². The third-order valence-electron chi connectivity index (χ3n) is 2.01. The van der Waals surface area contributed by atoms with E-state index in [0.29, 0.717) is 13.2 Å². The Bertz CT molecular complexity index is 136. The summed E-state index contributed by atoms with van der Waals surface area (Å²) in [4.78, 5) is 10.4. The fourth-order valence-electron chi connectivity index (χ4n) is 1.22. The van der Waals surface area contributed by atoms with Crippen LogP contribution in [0.5, 0.6) is 0 Å². The standard InChI is InChI=1S/C9H16O3/c1-2-3-9-11-5-4-8(6-10)7-12-9/h6,8-9H,2-5,7H2,1H3. The van der Waals surface area contributed by atoms with Gasteiger partial charge in [0.2, 0.25) is 0 Å². The van der Waals surface area contributed by atoms with Gasteiger partial charge >= 0.3 is 0 Å². The minimum absolute atomic E-state index is 0.0341. The molecule has 1 fully saturated rings. The van der Waals surface area contributed by atoms with Gasteiger partial charge in [-0.25, -0.2) is 0 Å². The highest BCUT2D eigenvalue weighted by molar-refractivity contribution is 5.53. The van der Waals surface area contributed by atoms with Crippen LogP contribution in [0.4, 0.5) is 0 Å². The van der Waals surface area contributed by atoms with Gasteiger partial charge in [0.15, 0.2) is 6.29 Å². The van der Waals surface area contributed by atoms with Gasteiger partial charge in [0.05, 0.1) is 13.2 Å². The van der Waals surface area contributed by atoms with Crippen LogP contribution < -0.4 is 0 Å². The van der Waals surface area contributed by atoms with Gasteiger partial charge in [-0.1, -0.05) is 13.3 Å². The lowest BCUT2D eigenvalue weighted by atomic mass is 10.1. The molecule has 0 aromatic heterocycles. The van der Waals surface area contributed by atoms with Crippen molar-refractivity contribution in [2.24, 2.45) is 5.92 Å². The summed E-state index contributed by atoms with van der Waals surface area (Å²) in [7, 11) is 0. The molecule has 1 saturated heterocycles. The van der Waals surface area contributed by atoms with E-state index in [2.05, 4.69) is 6.92 Å². The van der Waals surface area contributed by atoms with E-state index in [9.17, 15) is 4.79 Å². The lowest BCUT2D eigenvalue weighted by Gasteiger charge is -2.13. The number of hydrogen-bond donors (Lipinski definition) is 0. The molecule has 0 N–H and O–H groups in total. The predicted molar refractivity (Wildman–Crippen MR) is 44.8 cm³/mol. The Morgan fingerprint density at radius 3 is 3.00 bits per heavy atom. The van der Waals surface area contributed by atoms with Crippen molar-refractivity contribution in [1.82, 2.24) is 0 Å². The fraction of sp³-hybridized carbons (Fsp3) is 0.889. The quantitative estimate of drug-likeness (QED) is 0.603. The molecule has 0 aromatic rings. The van der Waals surface area contributed by atoms with Crippen molar-refractivity contribution in [1.29, 1.82) is 0 Å². The third-order valence-corrected chi connectivity index (χ3v) is 2.01. The summed E-state index contributed by atoms with van der Waals surface area (Å²) in [5.41, 5.74) is 0. The van der Waals surface area contributed by atoms with Gasteiger partial charge in [-0.3, -0.25) is 0 Å². The van der Waals surface area contributed by atoms with Crippen LogP contribution in [0.25, 0.3) is 0 Å². The molecular formula is C9H16O3. The number of aldehydes is 1. The molecule has 0 radical (unpaired) electrons. The molecule has 3 heteroatoms. The molecule has 1 rings (SSSR count). The van der Waals surface area contributed by atoms with Crippen LogP contribution in [0.3, 0.4) is 0 Å². The molecule has 0 saturated carbocycles. The highest BCUT2D eigenvalue weighted by Gasteiger charge is 2.17. The first-order chi connectivity index (χ1) is 5.86. The van der Waals surface area contributed by atoms with Gasteiger partial charge in [-0.15, -0.1) is 0 Å². The van der Waals surface area contributed by atoms with E-state index in [0.717, 1.165) is 25.5 Å². The van der Waals surface area contributed by atoms with Gasteiger partial charge in [0, 0.05) is 5.92 Å². The normalized spacial score (nSPS) is 31.1. The average molecular weight is 172 g/mol.